The van der Waals surface area contributed by atoms with Crippen LogP contribution in [0.1, 0.15) is 22.3 Å². The first-order valence-electron chi connectivity index (χ1n) is 5.91. The molecular weight excluding hydrogens is 218 g/mol. The van der Waals surface area contributed by atoms with E-state index in [1.54, 1.807) is 12.2 Å². The number of fused-ring (bicyclic) bond motifs is 1. The van der Waals surface area contributed by atoms with Crippen molar-refractivity contribution in [3.8, 4) is 0 Å². The third-order valence-electron chi connectivity index (χ3n) is 3.47. The molecule has 1 aromatic rings. The Morgan fingerprint density at radius 2 is 1.44 bits per heavy atom. The van der Waals surface area contributed by atoms with Crippen molar-refractivity contribution in [1.29, 1.82) is 5.41 Å². The molecule has 0 radical (unpaired) electrons. The van der Waals surface area contributed by atoms with E-state index in [1.165, 1.54) is 0 Å². The van der Waals surface area contributed by atoms with Gasteiger partial charge in [-0.1, -0.05) is 44.0 Å². The van der Waals surface area contributed by atoms with Gasteiger partial charge in [0.1, 0.15) is 0 Å². The van der Waals surface area contributed by atoms with Crippen LogP contribution in [-0.4, -0.2) is 5.71 Å². The van der Waals surface area contributed by atoms with Crippen molar-refractivity contribution in [2.75, 3.05) is 0 Å². The van der Waals surface area contributed by atoms with Crippen LogP contribution < -0.4 is 0 Å². The number of rotatable bonds is 2. The summed E-state index contributed by atoms with van der Waals surface area (Å²) < 4.78 is 0. The molecule has 0 aromatic heterocycles. The lowest BCUT2D eigenvalue weighted by atomic mass is 9.78. The molecule has 0 amide bonds. The van der Waals surface area contributed by atoms with Crippen LogP contribution in [0, 0.1) is 19.3 Å². The minimum absolute atomic E-state index is 0.517. The van der Waals surface area contributed by atoms with Crippen LogP contribution in [0.5, 0.6) is 0 Å². The van der Waals surface area contributed by atoms with Gasteiger partial charge in [-0.3, -0.25) is 5.41 Å². The van der Waals surface area contributed by atoms with Gasteiger partial charge in [-0.05, 0) is 41.7 Å². The zero-order valence-electron chi connectivity index (χ0n) is 10.9. The highest BCUT2D eigenvalue weighted by molar-refractivity contribution is 6.21. The molecule has 18 heavy (non-hydrogen) atoms. The summed E-state index contributed by atoms with van der Waals surface area (Å²) in [6.07, 6.45) is 3.48. The van der Waals surface area contributed by atoms with E-state index < -0.39 is 0 Å². The second-order valence-corrected chi connectivity index (χ2v) is 4.54. The van der Waals surface area contributed by atoms with Gasteiger partial charge in [0.15, 0.2) is 0 Å². The smallest absolute Gasteiger partial charge is 0.0699 e. The van der Waals surface area contributed by atoms with Gasteiger partial charge in [0.25, 0.3) is 0 Å². The van der Waals surface area contributed by atoms with E-state index in [-0.39, 0.29) is 0 Å². The van der Waals surface area contributed by atoms with Crippen molar-refractivity contribution in [3.63, 3.8) is 0 Å². The van der Waals surface area contributed by atoms with Gasteiger partial charge in [0.2, 0.25) is 0 Å². The van der Waals surface area contributed by atoms with Gasteiger partial charge in [0.05, 0.1) is 5.71 Å². The first kappa shape index (κ1) is 12.3. The Hall–Kier alpha value is -2.15. The van der Waals surface area contributed by atoms with E-state index in [0.717, 1.165) is 39.0 Å². The predicted octanol–water partition coefficient (Wildman–Crippen LogP) is 4.37. The number of aryl methyl sites for hydroxylation is 2. The largest absolute Gasteiger partial charge is 0.300 e. The molecule has 90 valence electrons. The Bertz CT molecular complexity index is 572. The first-order chi connectivity index (χ1) is 8.52. The summed E-state index contributed by atoms with van der Waals surface area (Å²) in [4.78, 5) is 0. The summed E-state index contributed by atoms with van der Waals surface area (Å²) >= 11 is 0. The monoisotopic (exact) mass is 235 g/mol. The predicted molar refractivity (Wildman–Crippen MR) is 79.2 cm³/mol. The van der Waals surface area contributed by atoms with Crippen molar-refractivity contribution in [2.45, 2.75) is 13.8 Å². The molecule has 0 atom stereocenters. The highest BCUT2D eigenvalue weighted by Crippen LogP contribution is 2.38. The van der Waals surface area contributed by atoms with Crippen molar-refractivity contribution >= 4 is 11.3 Å². The fourth-order valence-electron chi connectivity index (χ4n) is 2.53. The number of hydrogen-bond acceptors (Lipinski definition) is 1. The van der Waals surface area contributed by atoms with Crippen molar-refractivity contribution in [3.05, 3.63) is 77.4 Å². The molecule has 0 saturated carbocycles. The molecule has 1 heteroatoms. The first-order valence-corrected chi connectivity index (χ1v) is 5.91. The molecule has 0 fully saturated rings. The van der Waals surface area contributed by atoms with Crippen LogP contribution in [0.15, 0.2) is 55.2 Å². The number of allylic oxidation sites excluding steroid dienone is 5. The lowest BCUT2D eigenvalue weighted by Gasteiger charge is -2.26. The average molecular weight is 235 g/mol. The van der Waals surface area contributed by atoms with Crippen LogP contribution in [0.4, 0.5) is 0 Å². The molecule has 0 bridgehead atoms. The Morgan fingerprint density at radius 1 is 0.944 bits per heavy atom. The van der Waals surface area contributed by atoms with Crippen LogP contribution >= 0.6 is 0 Å². The van der Waals surface area contributed by atoms with Crippen LogP contribution in [0.3, 0.4) is 0 Å². The van der Waals surface area contributed by atoms with Crippen LogP contribution in [0.25, 0.3) is 5.57 Å². The fraction of sp³-hybridized carbons (Fsp3) is 0.118. The van der Waals surface area contributed by atoms with Crippen LogP contribution in [0.2, 0.25) is 0 Å². The Morgan fingerprint density at radius 3 is 1.94 bits per heavy atom. The quantitative estimate of drug-likeness (QED) is 0.787. The van der Waals surface area contributed by atoms with E-state index in [2.05, 4.69) is 38.8 Å². The van der Waals surface area contributed by atoms with E-state index >= 15 is 0 Å². The Balaban J connectivity index is 2.88. The van der Waals surface area contributed by atoms with Gasteiger partial charge in [-0.2, -0.15) is 0 Å². The summed E-state index contributed by atoms with van der Waals surface area (Å²) in [6, 6.07) is 4.13. The molecule has 1 N–H and O–H groups in total. The van der Waals surface area contributed by atoms with Crippen LogP contribution in [-0.2, 0) is 0 Å². The molecule has 0 aliphatic heterocycles. The van der Waals surface area contributed by atoms with Crippen molar-refractivity contribution < 1.29 is 0 Å². The lowest BCUT2D eigenvalue weighted by molar-refractivity contribution is 1.30. The van der Waals surface area contributed by atoms with Gasteiger partial charge < -0.3 is 0 Å². The summed E-state index contributed by atoms with van der Waals surface area (Å²) in [6.45, 7) is 15.9. The summed E-state index contributed by atoms with van der Waals surface area (Å²) in [5.41, 5.74) is 7.47. The van der Waals surface area contributed by atoms with Crippen molar-refractivity contribution in [2.24, 2.45) is 0 Å². The minimum atomic E-state index is 0.517. The van der Waals surface area contributed by atoms with Gasteiger partial charge >= 0.3 is 0 Å². The second kappa shape index (κ2) is 4.26. The molecule has 0 unspecified atom stereocenters. The topological polar surface area (TPSA) is 23.9 Å². The van der Waals surface area contributed by atoms with Crippen molar-refractivity contribution in [1.82, 2.24) is 0 Å². The maximum Gasteiger partial charge on any atom is 0.0699 e. The van der Waals surface area contributed by atoms with E-state index in [9.17, 15) is 0 Å². The summed E-state index contributed by atoms with van der Waals surface area (Å²) in [5.74, 6) is 0. The summed E-state index contributed by atoms with van der Waals surface area (Å²) in [7, 11) is 0. The second-order valence-electron chi connectivity index (χ2n) is 4.54. The molecule has 1 aliphatic rings. The molecule has 0 saturated heterocycles. The van der Waals surface area contributed by atoms with Gasteiger partial charge in [-0.15, -0.1) is 0 Å². The number of hydrogen-bond donors (Lipinski definition) is 1. The number of nitrogens with one attached hydrogen (secondary N) is 1. The molecular formula is C17H17N. The normalized spacial score (nSPS) is 14.6. The maximum atomic E-state index is 8.37. The highest BCUT2D eigenvalue weighted by atomic mass is 14.5. The minimum Gasteiger partial charge on any atom is -0.300 e. The lowest BCUT2D eigenvalue weighted by Crippen LogP contribution is -2.16. The van der Waals surface area contributed by atoms with Gasteiger partial charge in [0, 0.05) is 11.1 Å². The number of benzene rings is 1. The zero-order chi connectivity index (χ0) is 13.4. The SMILES string of the molecule is C=CC1=C(C=C)C(=N)c2c(C)ccc(C)c2C1=C. The Kier molecular flexibility index (Phi) is 2.92. The molecule has 0 heterocycles. The molecule has 0 spiro atoms. The molecule has 2 rings (SSSR count). The highest BCUT2D eigenvalue weighted by Gasteiger charge is 2.25. The molecule has 1 aromatic carbocycles. The third-order valence-corrected chi connectivity index (χ3v) is 3.47. The van der Waals surface area contributed by atoms with E-state index in [1.807, 2.05) is 6.92 Å². The van der Waals surface area contributed by atoms with E-state index in [4.69, 9.17) is 5.41 Å². The third kappa shape index (κ3) is 1.52. The average Bonchev–Trinajstić information content (AvgIpc) is 2.35. The molecule has 1 nitrogen and oxygen atoms in total. The summed E-state index contributed by atoms with van der Waals surface area (Å²) in [5, 5.41) is 8.37. The zero-order valence-corrected chi connectivity index (χ0v) is 10.9. The Labute approximate surface area is 108 Å². The van der Waals surface area contributed by atoms with Gasteiger partial charge in [-0.25, -0.2) is 0 Å². The maximum absolute atomic E-state index is 8.37. The fourth-order valence-corrected chi connectivity index (χ4v) is 2.53. The van der Waals surface area contributed by atoms with E-state index in [0.29, 0.717) is 5.71 Å². The molecule has 1 aliphatic carbocycles. The standard InChI is InChI=1S/C17H17N/c1-6-13-12(5)15-10(3)8-9-11(4)16(15)17(18)14(13)7-2/h6-9,18H,1-2,5H2,3-4H3.